The number of methoxy groups -OCH3 is 1. The van der Waals surface area contributed by atoms with Crippen molar-refractivity contribution in [3.05, 3.63) is 24.3 Å². The second-order valence-corrected chi connectivity index (χ2v) is 4.89. The molecule has 92 valence electrons. The van der Waals surface area contributed by atoms with Crippen molar-refractivity contribution in [2.45, 2.75) is 25.9 Å². The van der Waals surface area contributed by atoms with E-state index in [0.717, 1.165) is 35.3 Å². The zero-order chi connectivity index (χ0) is 12.1. The Balaban J connectivity index is 1.99. The van der Waals surface area contributed by atoms with E-state index in [-0.39, 0.29) is 0 Å². The molecule has 0 spiro atoms. The Hall–Kier alpha value is -1.16. The molecule has 0 aliphatic carbocycles. The van der Waals surface area contributed by atoms with Gasteiger partial charge in [0.15, 0.2) is 0 Å². The van der Waals surface area contributed by atoms with Crippen LogP contribution in [0.25, 0.3) is 0 Å². The quantitative estimate of drug-likeness (QED) is 0.819. The summed E-state index contributed by atoms with van der Waals surface area (Å²) in [6.07, 6.45) is 2.59. The molecule has 1 aliphatic heterocycles. The largest absolute Gasteiger partial charge is 0.497 e. The molecule has 1 atom stereocenters. The van der Waals surface area contributed by atoms with Gasteiger partial charge in [-0.2, -0.15) is 0 Å². The lowest BCUT2D eigenvalue weighted by molar-refractivity contribution is 0.218. The van der Waals surface area contributed by atoms with E-state index in [9.17, 15) is 0 Å². The predicted octanol–water partition coefficient (Wildman–Crippen LogP) is 3.61. The van der Waals surface area contributed by atoms with Gasteiger partial charge in [-0.15, -0.1) is 0 Å². The third-order valence-corrected chi connectivity index (χ3v) is 3.54. The third-order valence-electron chi connectivity index (χ3n) is 2.56. The van der Waals surface area contributed by atoms with Gasteiger partial charge in [0.05, 0.1) is 12.8 Å². The molecule has 0 N–H and O–H groups in total. The van der Waals surface area contributed by atoms with E-state index in [1.165, 1.54) is 0 Å². The molecule has 0 saturated carbocycles. The SMILES string of the molecule is CCCC1CSC(=Nc2ccc(OC)cc2)O1. The lowest BCUT2D eigenvalue weighted by Gasteiger charge is -2.06. The summed E-state index contributed by atoms with van der Waals surface area (Å²) in [6.45, 7) is 2.17. The first kappa shape index (κ1) is 12.3. The van der Waals surface area contributed by atoms with Gasteiger partial charge >= 0.3 is 0 Å². The Morgan fingerprint density at radius 1 is 1.41 bits per heavy atom. The number of thioether (sulfide) groups is 1. The minimum Gasteiger partial charge on any atom is -0.497 e. The van der Waals surface area contributed by atoms with Crippen molar-refractivity contribution in [2.24, 2.45) is 4.99 Å². The monoisotopic (exact) mass is 251 g/mol. The first-order valence-corrected chi connectivity index (χ1v) is 6.82. The van der Waals surface area contributed by atoms with Gasteiger partial charge in [0.2, 0.25) is 0 Å². The number of ether oxygens (including phenoxy) is 2. The van der Waals surface area contributed by atoms with Crippen molar-refractivity contribution < 1.29 is 9.47 Å². The van der Waals surface area contributed by atoms with E-state index in [0.29, 0.717) is 6.10 Å². The zero-order valence-electron chi connectivity index (χ0n) is 10.2. The van der Waals surface area contributed by atoms with Crippen LogP contribution < -0.4 is 4.74 Å². The van der Waals surface area contributed by atoms with Crippen LogP contribution >= 0.6 is 11.8 Å². The van der Waals surface area contributed by atoms with E-state index >= 15 is 0 Å². The molecular formula is C13H17NO2S. The van der Waals surface area contributed by atoms with Crippen molar-refractivity contribution in [1.82, 2.24) is 0 Å². The van der Waals surface area contributed by atoms with Crippen LogP contribution in [0.1, 0.15) is 19.8 Å². The molecule has 1 saturated heterocycles. The highest BCUT2D eigenvalue weighted by Crippen LogP contribution is 2.26. The van der Waals surface area contributed by atoms with Gasteiger partial charge in [0.1, 0.15) is 11.9 Å². The summed E-state index contributed by atoms with van der Waals surface area (Å²) in [7, 11) is 1.66. The number of benzene rings is 1. The molecule has 1 fully saturated rings. The van der Waals surface area contributed by atoms with Crippen LogP contribution in [-0.4, -0.2) is 24.2 Å². The summed E-state index contributed by atoms with van der Waals surface area (Å²) in [4.78, 5) is 4.47. The molecule has 2 rings (SSSR count). The maximum atomic E-state index is 5.74. The third kappa shape index (κ3) is 3.40. The maximum Gasteiger partial charge on any atom is 0.251 e. The highest BCUT2D eigenvalue weighted by Gasteiger charge is 2.21. The summed E-state index contributed by atoms with van der Waals surface area (Å²) in [6, 6.07) is 7.68. The van der Waals surface area contributed by atoms with Gasteiger partial charge in [-0.25, -0.2) is 4.99 Å². The molecule has 1 aromatic carbocycles. The summed E-state index contributed by atoms with van der Waals surface area (Å²) < 4.78 is 10.8. The molecule has 17 heavy (non-hydrogen) atoms. The Morgan fingerprint density at radius 2 is 2.18 bits per heavy atom. The van der Waals surface area contributed by atoms with Crippen molar-refractivity contribution in [1.29, 1.82) is 0 Å². The molecule has 0 amide bonds. The Morgan fingerprint density at radius 3 is 2.82 bits per heavy atom. The predicted molar refractivity (Wildman–Crippen MR) is 72.3 cm³/mol. The fourth-order valence-electron chi connectivity index (χ4n) is 1.66. The fraction of sp³-hybridized carbons (Fsp3) is 0.462. The van der Waals surface area contributed by atoms with E-state index in [4.69, 9.17) is 9.47 Å². The molecule has 1 aromatic rings. The second-order valence-electron chi connectivity index (χ2n) is 3.92. The summed E-state index contributed by atoms with van der Waals surface area (Å²) >= 11 is 1.69. The summed E-state index contributed by atoms with van der Waals surface area (Å²) in [5.74, 6) is 1.86. The number of nitrogens with zero attached hydrogens (tertiary/aromatic N) is 1. The van der Waals surface area contributed by atoms with E-state index in [1.54, 1.807) is 18.9 Å². The smallest absolute Gasteiger partial charge is 0.251 e. The molecular weight excluding hydrogens is 234 g/mol. The van der Waals surface area contributed by atoms with Crippen LogP contribution in [0.4, 0.5) is 5.69 Å². The molecule has 4 heteroatoms. The van der Waals surface area contributed by atoms with Crippen LogP contribution in [0.2, 0.25) is 0 Å². The van der Waals surface area contributed by atoms with Gasteiger partial charge in [0, 0.05) is 5.75 Å². The molecule has 1 aliphatic rings. The molecule has 1 heterocycles. The molecule has 0 radical (unpaired) electrons. The van der Waals surface area contributed by atoms with Crippen molar-refractivity contribution in [3.63, 3.8) is 0 Å². The van der Waals surface area contributed by atoms with E-state index in [2.05, 4.69) is 11.9 Å². The Kier molecular flexibility index (Phi) is 4.31. The van der Waals surface area contributed by atoms with Gasteiger partial charge in [-0.05, 0) is 30.7 Å². The van der Waals surface area contributed by atoms with Gasteiger partial charge in [0.25, 0.3) is 5.23 Å². The van der Waals surface area contributed by atoms with Crippen LogP contribution in [0.5, 0.6) is 5.75 Å². The van der Waals surface area contributed by atoms with Crippen LogP contribution in [0.15, 0.2) is 29.3 Å². The zero-order valence-corrected chi connectivity index (χ0v) is 11.0. The van der Waals surface area contributed by atoms with E-state index < -0.39 is 0 Å². The minimum atomic E-state index is 0.335. The van der Waals surface area contributed by atoms with Gasteiger partial charge in [-0.1, -0.05) is 25.1 Å². The Bertz CT molecular complexity index is 389. The van der Waals surface area contributed by atoms with Gasteiger partial charge < -0.3 is 9.47 Å². The fourth-order valence-corrected chi connectivity index (χ4v) is 2.60. The summed E-state index contributed by atoms with van der Waals surface area (Å²) in [5, 5.41) is 0.786. The molecule has 0 aromatic heterocycles. The molecule has 0 bridgehead atoms. The lowest BCUT2D eigenvalue weighted by Crippen LogP contribution is -2.08. The first-order chi connectivity index (χ1) is 8.31. The van der Waals surface area contributed by atoms with Crippen molar-refractivity contribution >= 4 is 22.7 Å². The normalized spacial score (nSPS) is 21.5. The lowest BCUT2D eigenvalue weighted by atomic mass is 10.2. The first-order valence-electron chi connectivity index (χ1n) is 5.84. The van der Waals surface area contributed by atoms with Crippen molar-refractivity contribution in [2.75, 3.05) is 12.9 Å². The number of aliphatic imine (C=N–C) groups is 1. The highest BCUT2D eigenvalue weighted by atomic mass is 32.2. The average molecular weight is 251 g/mol. The standard InChI is InChI=1S/C13H17NO2S/c1-3-4-12-9-17-13(16-12)14-10-5-7-11(15-2)8-6-10/h5-8,12H,3-4,9H2,1-2H3. The molecule has 3 nitrogen and oxygen atoms in total. The minimum absolute atomic E-state index is 0.335. The molecule has 1 unspecified atom stereocenters. The Labute approximate surface area is 106 Å². The van der Waals surface area contributed by atoms with E-state index in [1.807, 2.05) is 24.3 Å². The maximum absolute atomic E-state index is 5.74. The van der Waals surface area contributed by atoms with Crippen LogP contribution in [0.3, 0.4) is 0 Å². The van der Waals surface area contributed by atoms with Crippen molar-refractivity contribution in [3.8, 4) is 5.75 Å². The summed E-state index contributed by atoms with van der Waals surface area (Å²) in [5.41, 5.74) is 0.908. The number of hydrogen-bond acceptors (Lipinski definition) is 4. The second kappa shape index (κ2) is 5.96. The van der Waals surface area contributed by atoms with Crippen LogP contribution in [-0.2, 0) is 4.74 Å². The highest BCUT2D eigenvalue weighted by molar-refractivity contribution is 8.13. The number of rotatable bonds is 4. The van der Waals surface area contributed by atoms with Crippen LogP contribution in [0, 0.1) is 0 Å². The average Bonchev–Trinajstić information content (AvgIpc) is 2.78. The topological polar surface area (TPSA) is 30.8 Å². The number of hydrogen-bond donors (Lipinski definition) is 0. The van der Waals surface area contributed by atoms with Gasteiger partial charge in [-0.3, -0.25) is 0 Å².